The minimum absolute atomic E-state index is 0.876. The molecular formula is C70H52N2O2. The van der Waals surface area contributed by atoms with E-state index in [4.69, 9.17) is 8.83 Å². The van der Waals surface area contributed by atoms with Crippen LogP contribution < -0.4 is 9.80 Å². The molecule has 0 N–H and O–H groups in total. The minimum Gasteiger partial charge on any atom is -0.454 e. The van der Waals surface area contributed by atoms with Gasteiger partial charge in [0.1, 0.15) is 11.2 Å². The van der Waals surface area contributed by atoms with Crippen molar-refractivity contribution in [2.75, 3.05) is 9.80 Å². The number of furan rings is 2. The van der Waals surface area contributed by atoms with Gasteiger partial charge in [-0.2, -0.15) is 0 Å². The molecule has 0 aliphatic heterocycles. The largest absolute Gasteiger partial charge is 0.454 e. The summed E-state index contributed by atoms with van der Waals surface area (Å²) < 4.78 is 14.2. The molecule has 14 rings (SSSR count). The molecule has 12 aromatic carbocycles. The van der Waals surface area contributed by atoms with Crippen LogP contribution >= 0.6 is 0 Å². The molecule has 0 aliphatic carbocycles. The van der Waals surface area contributed by atoms with Crippen molar-refractivity contribution in [1.82, 2.24) is 0 Å². The van der Waals surface area contributed by atoms with E-state index >= 15 is 0 Å². The second-order valence-corrected chi connectivity index (χ2v) is 20.3. The summed E-state index contributed by atoms with van der Waals surface area (Å²) in [7, 11) is 0. The average Bonchev–Trinajstić information content (AvgIpc) is 4.04. The summed E-state index contributed by atoms with van der Waals surface area (Å²) in [6.45, 7) is 13.2. The van der Waals surface area contributed by atoms with E-state index < -0.39 is 0 Å². The van der Waals surface area contributed by atoms with Gasteiger partial charge in [-0.05, 0) is 143 Å². The van der Waals surface area contributed by atoms with Crippen molar-refractivity contribution >= 4 is 110 Å². The Balaban J connectivity index is 1.07. The molecule has 0 fully saturated rings. The Kier molecular flexibility index (Phi) is 9.87. The lowest BCUT2D eigenvalue weighted by Gasteiger charge is -2.32. The van der Waals surface area contributed by atoms with E-state index in [1.807, 2.05) is 0 Å². The van der Waals surface area contributed by atoms with Gasteiger partial charge in [-0.15, -0.1) is 0 Å². The number of hydrogen-bond donors (Lipinski definition) is 0. The molecule has 0 saturated heterocycles. The summed E-state index contributed by atoms with van der Waals surface area (Å²) in [5, 5.41) is 11.6. The second kappa shape index (κ2) is 16.7. The maximum Gasteiger partial charge on any atom is 0.159 e. The molecular weight excluding hydrogens is 901 g/mol. The number of anilines is 6. The zero-order valence-electron chi connectivity index (χ0n) is 42.3. The molecule has 2 aromatic heterocycles. The molecule has 0 aliphatic rings. The average molecular weight is 953 g/mol. The van der Waals surface area contributed by atoms with Crippen LogP contribution in [0.4, 0.5) is 34.1 Å². The summed E-state index contributed by atoms with van der Waals surface area (Å²) in [6.07, 6.45) is 0. The van der Waals surface area contributed by atoms with Crippen LogP contribution in [0.1, 0.15) is 33.4 Å². The van der Waals surface area contributed by atoms with Crippen molar-refractivity contribution in [3.8, 4) is 22.3 Å². The van der Waals surface area contributed by atoms with Gasteiger partial charge in [-0.1, -0.05) is 182 Å². The van der Waals surface area contributed by atoms with E-state index in [1.165, 1.54) is 32.7 Å². The fourth-order valence-electron chi connectivity index (χ4n) is 12.0. The summed E-state index contributed by atoms with van der Waals surface area (Å²) in [4.78, 5) is 4.98. The van der Waals surface area contributed by atoms with E-state index in [9.17, 15) is 0 Å². The van der Waals surface area contributed by atoms with Crippen molar-refractivity contribution in [3.63, 3.8) is 0 Å². The summed E-state index contributed by atoms with van der Waals surface area (Å²) in [6, 6.07) is 75.6. The van der Waals surface area contributed by atoms with Gasteiger partial charge in [-0.3, -0.25) is 0 Å². The molecule has 0 radical (unpaired) electrons. The van der Waals surface area contributed by atoms with Gasteiger partial charge in [0.15, 0.2) is 11.2 Å². The molecule has 0 saturated carbocycles. The highest BCUT2D eigenvalue weighted by Crippen LogP contribution is 2.53. The lowest BCUT2D eigenvalue weighted by molar-refractivity contribution is 0.665. The third-order valence-electron chi connectivity index (χ3n) is 15.7. The summed E-state index contributed by atoms with van der Waals surface area (Å²) >= 11 is 0. The maximum atomic E-state index is 7.08. The number of hydrogen-bond acceptors (Lipinski definition) is 4. The molecule has 2 heterocycles. The Morgan fingerprint density at radius 3 is 1.07 bits per heavy atom. The van der Waals surface area contributed by atoms with Crippen LogP contribution in [0.2, 0.25) is 0 Å². The minimum atomic E-state index is 0.876. The number of fused-ring (bicyclic) bond motifs is 6. The maximum absolute atomic E-state index is 7.08. The molecule has 0 atom stereocenters. The van der Waals surface area contributed by atoms with Crippen LogP contribution in [0.3, 0.4) is 0 Å². The van der Waals surface area contributed by atoms with Crippen LogP contribution in [0.15, 0.2) is 215 Å². The molecule has 14 aromatic rings. The van der Waals surface area contributed by atoms with Crippen molar-refractivity contribution in [2.24, 2.45) is 0 Å². The lowest BCUT2D eigenvalue weighted by atomic mass is 9.91. The van der Waals surface area contributed by atoms with E-state index in [2.05, 4.69) is 258 Å². The summed E-state index contributed by atoms with van der Waals surface area (Å²) in [5.41, 5.74) is 21.5. The zero-order chi connectivity index (χ0) is 49.9. The van der Waals surface area contributed by atoms with Gasteiger partial charge in [0.2, 0.25) is 0 Å². The standard InChI is InChI=1S/C70H52N2O2/c1-41-23-27-51(47-17-9-7-10-18-47)39-61(41)71(65-43(3)25-33-55-53-21-13-15-45(5)67(53)73-69(55)65)59-37-31-49-30-36-58-60(38-32-50-29-35-57(59)63(49)64(50)58)72(62-40-52(28-24-42(62)2)48-19-11-8-12-20-48)66-44(4)26-34-56-54-22-14-16-46(6)68(54)74-70(56)66/h7-40H,1-6H3. The third-order valence-corrected chi connectivity index (χ3v) is 15.7. The van der Waals surface area contributed by atoms with Crippen LogP contribution in [0.25, 0.3) is 98.4 Å². The first kappa shape index (κ1) is 43.7. The molecule has 0 spiro atoms. The van der Waals surface area contributed by atoms with Crippen molar-refractivity contribution in [1.29, 1.82) is 0 Å². The molecule has 4 heteroatoms. The lowest BCUT2D eigenvalue weighted by Crippen LogP contribution is -2.14. The Labute approximate surface area is 430 Å². The van der Waals surface area contributed by atoms with Gasteiger partial charge >= 0.3 is 0 Å². The van der Waals surface area contributed by atoms with Crippen LogP contribution in [-0.4, -0.2) is 0 Å². The van der Waals surface area contributed by atoms with Crippen LogP contribution in [-0.2, 0) is 0 Å². The predicted molar refractivity (Wildman–Crippen MR) is 313 cm³/mol. The molecule has 0 bridgehead atoms. The van der Waals surface area contributed by atoms with E-state index in [-0.39, 0.29) is 0 Å². The van der Waals surface area contributed by atoms with Gasteiger partial charge in [0.05, 0.1) is 22.7 Å². The van der Waals surface area contributed by atoms with Crippen molar-refractivity contribution in [3.05, 3.63) is 240 Å². The van der Waals surface area contributed by atoms with Crippen molar-refractivity contribution in [2.45, 2.75) is 41.5 Å². The van der Waals surface area contributed by atoms with Crippen molar-refractivity contribution < 1.29 is 8.83 Å². The monoisotopic (exact) mass is 952 g/mol. The molecule has 74 heavy (non-hydrogen) atoms. The van der Waals surface area contributed by atoms with Gasteiger partial charge in [0, 0.05) is 43.7 Å². The number of benzene rings is 12. The summed E-state index contributed by atoms with van der Waals surface area (Å²) in [5.74, 6) is 0. The third kappa shape index (κ3) is 6.61. The number of rotatable bonds is 8. The quantitative estimate of drug-likeness (QED) is 0.142. The topological polar surface area (TPSA) is 32.8 Å². The van der Waals surface area contributed by atoms with Gasteiger partial charge in [0.25, 0.3) is 0 Å². The fourth-order valence-corrected chi connectivity index (χ4v) is 12.0. The predicted octanol–water partition coefficient (Wildman–Crippen LogP) is 20.5. The van der Waals surface area contributed by atoms with Crippen LogP contribution in [0, 0.1) is 41.5 Å². The van der Waals surface area contributed by atoms with E-state index in [0.717, 1.165) is 133 Å². The zero-order valence-corrected chi connectivity index (χ0v) is 42.3. The number of para-hydroxylation sites is 2. The fraction of sp³-hybridized carbons (Fsp3) is 0.0857. The Morgan fingerprint density at radius 1 is 0.257 bits per heavy atom. The first-order chi connectivity index (χ1) is 36.2. The van der Waals surface area contributed by atoms with Gasteiger partial charge < -0.3 is 18.6 Å². The SMILES string of the molecule is Cc1ccc(-c2ccccc2)cc1N(c1ccc2ccc3c(N(c4cc(-c5ccccc5)ccc4C)c4c(C)ccc5c4oc4c(C)cccc45)ccc4ccc1c2c43)c1c(C)ccc2c1oc1c(C)cccc12. The molecule has 0 amide bonds. The van der Waals surface area contributed by atoms with E-state index in [0.29, 0.717) is 0 Å². The normalized spacial score (nSPS) is 11.9. The van der Waals surface area contributed by atoms with E-state index in [1.54, 1.807) is 0 Å². The first-order valence-corrected chi connectivity index (χ1v) is 25.7. The number of aryl methyl sites for hydroxylation is 6. The highest BCUT2D eigenvalue weighted by atomic mass is 16.3. The Bertz CT molecular complexity index is 4270. The molecule has 4 nitrogen and oxygen atoms in total. The van der Waals surface area contributed by atoms with Crippen LogP contribution in [0.5, 0.6) is 0 Å². The Morgan fingerprint density at radius 2 is 0.635 bits per heavy atom. The first-order valence-electron chi connectivity index (χ1n) is 25.7. The molecule has 0 unspecified atom stereocenters. The highest BCUT2D eigenvalue weighted by molar-refractivity contribution is 6.29. The second-order valence-electron chi connectivity index (χ2n) is 20.3. The highest BCUT2D eigenvalue weighted by Gasteiger charge is 2.29. The number of nitrogens with zero attached hydrogens (tertiary/aromatic N) is 2. The smallest absolute Gasteiger partial charge is 0.159 e. The Hall–Kier alpha value is -9.12. The molecule has 354 valence electrons. The van der Waals surface area contributed by atoms with Gasteiger partial charge in [-0.25, -0.2) is 0 Å².